The Kier molecular flexibility index (Phi) is 6.53. The summed E-state index contributed by atoms with van der Waals surface area (Å²) in [6.07, 6.45) is 0. The van der Waals surface area contributed by atoms with Gasteiger partial charge >= 0.3 is 0 Å². The van der Waals surface area contributed by atoms with Gasteiger partial charge in [-0.25, -0.2) is 0 Å². The molecular weight excluding hydrogens is 498 g/mol. The molecule has 1 saturated heterocycles. The zero-order valence-corrected chi connectivity index (χ0v) is 20.9. The first-order valence-electron chi connectivity index (χ1n) is 11.1. The Hall–Kier alpha value is -2.61. The van der Waals surface area contributed by atoms with Crippen molar-refractivity contribution in [2.24, 2.45) is 0 Å². The lowest BCUT2D eigenvalue weighted by Crippen LogP contribution is -2.48. The predicted octanol–water partition coefficient (Wildman–Crippen LogP) is 5.48. The highest BCUT2D eigenvalue weighted by atomic mass is 79.9. The van der Waals surface area contributed by atoms with E-state index in [0.717, 1.165) is 63.7 Å². The van der Waals surface area contributed by atoms with E-state index in [1.54, 1.807) is 18.4 Å². The number of aromatic nitrogens is 1. The molecule has 0 N–H and O–H groups in total. The second-order valence-corrected chi connectivity index (χ2v) is 10.8. The summed E-state index contributed by atoms with van der Waals surface area (Å²) in [5.41, 5.74) is 4.26. The van der Waals surface area contributed by atoms with Crippen molar-refractivity contribution in [1.29, 1.82) is 0 Å². The van der Waals surface area contributed by atoms with Crippen molar-refractivity contribution >= 4 is 43.4 Å². The monoisotopic (exact) mass is 523 g/mol. The number of carbonyl (C=O) groups is 1. The molecule has 1 aliphatic rings. The minimum absolute atomic E-state index is 0.108. The molecule has 0 saturated carbocycles. The summed E-state index contributed by atoms with van der Waals surface area (Å²) in [6.45, 7) is 4.81. The number of rotatable bonds is 6. The zero-order valence-electron chi connectivity index (χ0n) is 18.5. The van der Waals surface area contributed by atoms with Crippen LogP contribution in [0.2, 0.25) is 0 Å². The number of nitrogens with zero attached hydrogens (tertiary/aromatic N) is 3. The van der Waals surface area contributed by atoms with Crippen molar-refractivity contribution < 1.29 is 9.53 Å². The van der Waals surface area contributed by atoms with Gasteiger partial charge in [0.2, 0.25) is 0 Å². The Labute approximate surface area is 206 Å². The highest BCUT2D eigenvalue weighted by Gasteiger charge is 2.26. The Morgan fingerprint density at radius 2 is 1.70 bits per heavy atom. The minimum atomic E-state index is 0.108. The van der Waals surface area contributed by atoms with Gasteiger partial charge in [-0.2, -0.15) is 0 Å². The number of methoxy groups -OCH3 is 1. The number of halogens is 1. The smallest absolute Gasteiger partial charge is 0.270 e. The summed E-state index contributed by atoms with van der Waals surface area (Å²) in [5.74, 6) is 0.932. The van der Waals surface area contributed by atoms with Crippen molar-refractivity contribution in [2.75, 3.05) is 33.3 Å². The summed E-state index contributed by atoms with van der Waals surface area (Å²) < 4.78 is 9.73. The lowest BCUT2D eigenvalue weighted by atomic mass is 10.2. The third-order valence-corrected chi connectivity index (χ3v) is 7.74. The molecule has 7 heteroatoms. The van der Waals surface area contributed by atoms with Gasteiger partial charge in [0.05, 0.1) is 21.1 Å². The van der Waals surface area contributed by atoms with Gasteiger partial charge in [-0.05, 0) is 51.3 Å². The summed E-state index contributed by atoms with van der Waals surface area (Å²) in [5, 5.41) is 0. The second kappa shape index (κ2) is 9.71. The van der Waals surface area contributed by atoms with E-state index in [9.17, 15) is 4.79 Å². The van der Waals surface area contributed by atoms with E-state index < -0.39 is 0 Å². The summed E-state index contributed by atoms with van der Waals surface area (Å²) in [7, 11) is 1.68. The summed E-state index contributed by atoms with van der Waals surface area (Å²) >= 11 is 5.27. The number of hydrogen-bond acceptors (Lipinski definition) is 4. The highest BCUT2D eigenvalue weighted by molar-refractivity contribution is 9.11. The van der Waals surface area contributed by atoms with E-state index in [0.29, 0.717) is 6.54 Å². The minimum Gasteiger partial charge on any atom is -0.497 e. The van der Waals surface area contributed by atoms with Crippen molar-refractivity contribution in [2.45, 2.75) is 13.1 Å². The average Bonchev–Trinajstić information content (AvgIpc) is 3.36. The fourth-order valence-corrected chi connectivity index (χ4v) is 5.99. The molecule has 0 unspecified atom stereocenters. The van der Waals surface area contributed by atoms with Gasteiger partial charge in [0.25, 0.3) is 5.91 Å². The van der Waals surface area contributed by atoms with E-state index in [4.69, 9.17) is 4.74 Å². The predicted molar refractivity (Wildman–Crippen MR) is 137 cm³/mol. The maximum Gasteiger partial charge on any atom is 0.270 e. The zero-order chi connectivity index (χ0) is 22.8. The molecule has 2 aromatic carbocycles. The van der Waals surface area contributed by atoms with Crippen LogP contribution in [0, 0.1) is 0 Å². The van der Waals surface area contributed by atoms with Crippen LogP contribution in [-0.4, -0.2) is 53.6 Å². The largest absolute Gasteiger partial charge is 0.497 e. The molecule has 0 spiro atoms. The van der Waals surface area contributed by atoms with Gasteiger partial charge in [-0.1, -0.05) is 42.5 Å². The van der Waals surface area contributed by atoms with Crippen LogP contribution in [0.1, 0.15) is 21.6 Å². The molecule has 0 aliphatic carbocycles. The van der Waals surface area contributed by atoms with E-state index in [1.807, 2.05) is 35.2 Å². The first-order chi connectivity index (χ1) is 16.1. The first-order valence-corrected chi connectivity index (χ1v) is 12.7. The van der Waals surface area contributed by atoms with Crippen molar-refractivity contribution in [3.63, 3.8) is 0 Å². The van der Waals surface area contributed by atoms with Crippen LogP contribution >= 0.6 is 27.3 Å². The average molecular weight is 524 g/mol. The fraction of sp³-hybridized carbons (Fsp3) is 0.269. The molecule has 1 aliphatic heterocycles. The number of amides is 1. The van der Waals surface area contributed by atoms with Crippen LogP contribution in [0.25, 0.3) is 10.2 Å². The molecule has 0 radical (unpaired) electrons. The topological polar surface area (TPSA) is 37.7 Å². The normalized spacial score (nSPS) is 14.7. The molecule has 4 aromatic rings. The summed E-state index contributed by atoms with van der Waals surface area (Å²) in [6, 6.07) is 22.7. The number of piperazine rings is 1. The summed E-state index contributed by atoms with van der Waals surface area (Å²) in [4.78, 5) is 18.0. The Balaban J connectivity index is 1.35. The van der Waals surface area contributed by atoms with E-state index in [-0.39, 0.29) is 5.91 Å². The maximum absolute atomic E-state index is 13.6. The molecule has 1 fully saturated rings. The van der Waals surface area contributed by atoms with Gasteiger partial charge in [0.15, 0.2) is 0 Å². The fourth-order valence-electron chi connectivity index (χ4n) is 4.43. The molecule has 1 amide bonds. The quantitative estimate of drug-likeness (QED) is 0.335. The van der Waals surface area contributed by atoms with Crippen LogP contribution < -0.4 is 4.74 Å². The van der Waals surface area contributed by atoms with E-state index in [2.05, 4.69) is 61.8 Å². The lowest BCUT2D eigenvalue weighted by Gasteiger charge is -2.35. The van der Waals surface area contributed by atoms with Crippen LogP contribution in [-0.2, 0) is 13.1 Å². The third-order valence-electron chi connectivity index (χ3n) is 6.16. The first kappa shape index (κ1) is 22.2. The molecule has 170 valence electrons. The number of thiophene rings is 1. The van der Waals surface area contributed by atoms with E-state index in [1.165, 1.54) is 5.56 Å². The van der Waals surface area contributed by atoms with Gasteiger partial charge in [-0.15, -0.1) is 11.3 Å². The number of benzene rings is 2. The number of carbonyl (C=O) groups excluding carboxylic acids is 1. The Morgan fingerprint density at radius 1 is 0.939 bits per heavy atom. The molecule has 2 aromatic heterocycles. The van der Waals surface area contributed by atoms with Crippen molar-refractivity contribution in [3.8, 4) is 5.75 Å². The second-order valence-electron chi connectivity index (χ2n) is 8.32. The van der Waals surface area contributed by atoms with Gasteiger partial charge in [-0.3, -0.25) is 9.69 Å². The van der Waals surface area contributed by atoms with E-state index >= 15 is 0 Å². The maximum atomic E-state index is 13.6. The van der Waals surface area contributed by atoms with Crippen LogP contribution in [0.4, 0.5) is 0 Å². The highest BCUT2D eigenvalue weighted by Crippen LogP contribution is 2.33. The van der Waals surface area contributed by atoms with Gasteiger partial charge < -0.3 is 14.2 Å². The molecule has 0 atom stereocenters. The molecular formula is C26H26BrN3O2S. The molecule has 5 nitrogen and oxygen atoms in total. The Morgan fingerprint density at radius 3 is 2.45 bits per heavy atom. The van der Waals surface area contributed by atoms with Crippen LogP contribution in [0.5, 0.6) is 5.75 Å². The van der Waals surface area contributed by atoms with Crippen molar-refractivity contribution in [3.05, 3.63) is 87.3 Å². The third kappa shape index (κ3) is 4.86. The van der Waals surface area contributed by atoms with Crippen LogP contribution in [0.3, 0.4) is 0 Å². The molecule has 5 rings (SSSR count). The molecule has 0 bridgehead atoms. The lowest BCUT2D eigenvalue weighted by molar-refractivity contribution is 0.0619. The number of fused-ring (bicyclic) bond motifs is 1. The van der Waals surface area contributed by atoms with Gasteiger partial charge in [0.1, 0.15) is 11.4 Å². The molecule has 3 heterocycles. The van der Waals surface area contributed by atoms with Crippen LogP contribution in [0.15, 0.2) is 70.5 Å². The van der Waals surface area contributed by atoms with Gasteiger partial charge in [0, 0.05) is 39.3 Å². The number of hydrogen-bond donors (Lipinski definition) is 0. The number of ether oxygens (including phenoxy) is 1. The van der Waals surface area contributed by atoms with Crippen molar-refractivity contribution in [1.82, 2.24) is 14.4 Å². The SMILES string of the molecule is COc1cccc(Cn2c(C(=O)N3CCN(Cc4ccccc4)CC3)cc3sc(Br)cc32)c1. The Bertz CT molecular complexity index is 1260. The standard InChI is InChI=1S/C26H26BrN3O2S/c1-32-21-9-5-8-20(14-21)18-30-22-16-25(27)33-24(22)15-23(30)26(31)29-12-10-28(11-13-29)17-19-6-3-2-4-7-19/h2-9,14-16H,10-13,17-18H2,1H3. The molecule has 33 heavy (non-hydrogen) atoms.